The van der Waals surface area contributed by atoms with Crippen molar-refractivity contribution in [1.82, 2.24) is 15.1 Å². The maximum Gasteiger partial charge on any atom is 0.0596 e. The summed E-state index contributed by atoms with van der Waals surface area (Å²) >= 11 is 0. The Kier molecular flexibility index (Phi) is 6.41. The molecule has 0 spiro atoms. The van der Waals surface area contributed by atoms with E-state index < -0.39 is 0 Å². The molecule has 2 atom stereocenters. The van der Waals surface area contributed by atoms with E-state index in [0.29, 0.717) is 6.04 Å². The topological polar surface area (TPSA) is 29.9 Å². The van der Waals surface area contributed by atoms with Gasteiger partial charge in [-0.25, -0.2) is 0 Å². The van der Waals surface area contributed by atoms with Gasteiger partial charge in [0, 0.05) is 25.2 Å². The van der Waals surface area contributed by atoms with Crippen LogP contribution in [0.5, 0.6) is 0 Å². The molecular formula is C15H29N3. The Hall–Kier alpha value is -0.830. The van der Waals surface area contributed by atoms with Gasteiger partial charge >= 0.3 is 0 Å². The molecule has 0 amide bonds. The highest BCUT2D eigenvalue weighted by molar-refractivity contribution is 5.10. The first-order valence-corrected chi connectivity index (χ1v) is 7.31. The molecule has 3 nitrogen and oxygen atoms in total. The van der Waals surface area contributed by atoms with Gasteiger partial charge in [0.15, 0.2) is 0 Å². The molecule has 0 aromatic carbocycles. The molecule has 3 heteroatoms. The summed E-state index contributed by atoms with van der Waals surface area (Å²) in [6, 6.07) is 2.78. The Bertz CT molecular complexity index is 344. The molecule has 0 saturated carbocycles. The normalized spacial score (nSPS) is 14.7. The minimum atomic E-state index is 0.569. The third-order valence-corrected chi connectivity index (χ3v) is 3.62. The molecular weight excluding hydrogens is 222 g/mol. The molecule has 1 rings (SSSR count). The van der Waals surface area contributed by atoms with Gasteiger partial charge in [0.25, 0.3) is 0 Å². The van der Waals surface area contributed by atoms with Gasteiger partial charge in [0.2, 0.25) is 0 Å². The first kappa shape index (κ1) is 15.2. The van der Waals surface area contributed by atoms with Crippen LogP contribution in [0.15, 0.2) is 6.07 Å². The monoisotopic (exact) mass is 251 g/mol. The summed E-state index contributed by atoms with van der Waals surface area (Å²) in [6.07, 6.45) is 4.83. The maximum atomic E-state index is 4.44. The second kappa shape index (κ2) is 7.57. The van der Waals surface area contributed by atoms with Gasteiger partial charge in [-0.05, 0) is 38.3 Å². The predicted octanol–water partition coefficient (Wildman–Crippen LogP) is 3.08. The van der Waals surface area contributed by atoms with Gasteiger partial charge in [-0.15, -0.1) is 0 Å². The number of aromatic nitrogens is 2. The minimum absolute atomic E-state index is 0.569. The van der Waals surface area contributed by atoms with Crippen LogP contribution in [0.3, 0.4) is 0 Å². The van der Waals surface area contributed by atoms with Gasteiger partial charge in [0.1, 0.15) is 0 Å². The molecule has 1 aromatic heterocycles. The lowest BCUT2D eigenvalue weighted by atomic mass is 9.93. The number of rotatable bonds is 8. The van der Waals surface area contributed by atoms with E-state index in [4.69, 9.17) is 0 Å². The van der Waals surface area contributed by atoms with E-state index in [1.807, 2.05) is 11.7 Å². The molecule has 0 aliphatic heterocycles. The third-order valence-electron chi connectivity index (χ3n) is 3.62. The molecule has 0 aliphatic rings. The van der Waals surface area contributed by atoms with Gasteiger partial charge < -0.3 is 5.32 Å². The first-order chi connectivity index (χ1) is 8.58. The summed E-state index contributed by atoms with van der Waals surface area (Å²) in [4.78, 5) is 0. The summed E-state index contributed by atoms with van der Waals surface area (Å²) in [5, 5.41) is 8.14. The quantitative estimate of drug-likeness (QED) is 0.769. The average molecular weight is 251 g/mol. The number of hydrogen-bond acceptors (Lipinski definition) is 2. The van der Waals surface area contributed by atoms with E-state index in [1.165, 1.54) is 25.0 Å². The fourth-order valence-electron chi connectivity index (χ4n) is 2.54. The average Bonchev–Trinajstić information content (AvgIpc) is 2.63. The summed E-state index contributed by atoms with van der Waals surface area (Å²) in [5.74, 6) is 0.719. The Morgan fingerprint density at radius 2 is 2.06 bits per heavy atom. The second-order valence-electron chi connectivity index (χ2n) is 5.43. The van der Waals surface area contributed by atoms with Crippen LogP contribution in [0.25, 0.3) is 0 Å². The largest absolute Gasteiger partial charge is 0.313 e. The van der Waals surface area contributed by atoms with Gasteiger partial charge in [-0.2, -0.15) is 5.10 Å². The van der Waals surface area contributed by atoms with Crippen molar-refractivity contribution in [2.45, 2.75) is 59.4 Å². The zero-order chi connectivity index (χ0) is 13.5. The lowest BCUT2D eigenvalue weighted by molar-refractivity contribution is 0.347. The lowest BCUT2D eigenvalue weighted by Crippen LogP contribution is -2.37. The Morgan fingerprint density at radius 1 is 1.33 bits per heavy atom. The zero-order valence-corrected chi connectivity index (χ0v) is 12.7. The van der Waals surface area contributed by atoms with E-state index in [1.54, 1.807) is 0 Å². The van der Waals surface area contributed by atoms with Crippen molar-refractivity contribution in [2.75, 3.05) is 6.54 Å². The molecule has 104 valence electrons. The van der Waals surface area contributed by atoms with Crippen molar-refractivity contribution >= 4 is 0 Å². The Morgan fingerprint density at radius 3 is 2.56 bits per heavy atom. The van der Waals surface area contributed by atoms with Crippen molar-refractivity contribution in [3.63, 3.8) is 0 Å². The molecule has 1 aromatic rings. The van der Waals surface area contributed by atoms with Crippen molar-refractivity contribution in [2.24, 2.45) is 13.0 Å². The van der Waals surface area contributed by atoms with Crippen LogP contribution < -0.4 is 5.32 Å². The van der Waals surface area contributed by atoms with E-state index in [-0.39, 0.29) is 0 Å². The number of aryl methyl sites for hydroxylation is 2. The summed E-state index contributed by atoms with van der Waals surface area (Å²) in [5.41, 5.74) is 2.45. The molecule has 0 fully saturated rings. The molecule has 0 bridgehead atoms. The van der Waals surface area contributed by atoms with E-state index in [0.717, 1.165) is 24.6 Å². The molecule has 2 unspecified atom stereocenters. The van der Waals surface area contributed by atoms with Crippen LogP contribution in [-0.2, 0) is 13.5 Å². The summed E-state index contributed by atoms with van der Waals surface area (Å²) in [6.45, 7) is 10.0. The second-order valence-corrected chi connectivity index (χ2v) is 5.43. The fraction of sp³-hybridized carbons (Fsp3) is 0.800. The standard InChI is InChI=1S/C15H29N3/c1-6-8-12(3)15(16-9-7-2)11-14-10-13(4)17-18(14)5/h10,12,15-16H,6-9,11H2,1-5H3. The van der Waals surface area contributed by atoms with Gasteiger partial charge in [-0.3, -0.25) is 4.68 Å². The highest BCUT2D eigenvalue weighted by Gasteiger charge is 2.18. The molecule has 0 saturated heterocycles. The third kappa shape index (κ3) is 4.45. The highest BCUT2D eigenvalue weighted by Crippen LogP contribution is 2.16. The minimum Gasteiger partial charge on any atom is -0.313 e. The summed E-state index contributed by atoms with van der Waals surface area (Å²) in [7, 11) is 2.05. The summed E-state index contributed by atoms with van der Waals surface area (Å²) < 4.78 is 2.02. The SMILES string of the molecule is CCCNC(Cc1cc(C)nn1C)C(C)CCC. The molecule has 0 radical (unpaired) electrons. The van der Waals surface area contributed by atoms with Crippen LogP contribution >= 0.6 is 0 Å². The van der Waals surface area contributed by atoms with Crippen LogP contribution in [0.1, 0.15) is 51.4 Å². The van der Waals surface area contributed by atoms with Crippen LogP contribution in [-0.4, -0.2) is 22.4 Å². The fourth-order valence-corrected chi connectivity index (χ4v) is 2.54. The van der Waals surface area contributed by atoms with Crippen molar-refractivity contribution in [3.05, 3.63) is 17.5 Å². The molecule has 1 N–H and O–H groups in total. The number of hydrogen-bond donors (Lipinski definition) is 1. The smallest absolute Gasteiger partial charge is 0.0596 e. The molecule has 18 heavy (non-hydrogen) atoms. The van der Waals surface area contributed by atoms with Crippen molar-refractivity contribution in [3.8, 4) is 0 Å². The van der Waals surface area contributed by atoms with Crippen LogP contribution in [0, 0.1) is 12.8 Å². The predicted molar refractivity (Wildman–Crippen MR) is 77.8 cm³/mol. The zero-order valence-electron chi connectivity index (χ0n) is 12.7. The van der Waals surface area contributed by atoms with Gasteiger partial charge in [-0.1, -0.05) is 27.2 Å². The number of nitrogens with zero attached hydrogens (tertiary/aromatic N) is 2. The molecule has 1 heterocycles. The van der Waals surface area contributed by atoms with E-state index >= 15 is 0 Å². The Labute approximate surface area is 112 Å². The van der Waals surface area contributed by atoms with E-state index in [2.05, 4.69) is 44.2 Å². The maximum absolute atomic E-state index is 4.44. The van der Waals surface area contributed by atoms with Crippen molar-refractivity contribution in [1.29, 1.82) is 0 Å². The van der Waals surface area contributed by atoms with Crippen molar-refractivity contribution < 1.29 is 0 Å². The first-order valence-electron chi connectivity index (χ1n) is 7.31. The Balaban J connectivity index is 2.67. The highest BCUT2D eigenvalue weighted by atomic mass is 15.3. The van der Waals surface area contributed by atoms with Crippen LogP contribution in [0.2, 0.25) is 0 Å². The number of nitrogens with one attached hydrogen (secondary N) is 1. The van der Waals surface area contributed by atoms with E-state index in [9.17, 15) is 0 Å². The molecule has 0 aliphatic carbocycles. The van der Waals surface area contributed by atoms with Crippen LogP contribution in [0.4, 0.5) is 0 Å². The van der Waals surface area contributed by atoms with Gasteiger partial charge in [0.05, 0.1) is 5.69 Å². The lowest BCUT2D eigenvalue weighted by Gasteiger charge is -2.25.